The van der Waals surface area contributed by atoms with Crippen molar-refractivity contribution in [3.05, 3.63) is 29.3 Å². The second kappa shape index (κ2) is 8.87. The van der Waals surface area contributed by atoms with Crippen molar-refractivity contribution in [2.75, 3.05) is 6.61 Å². The summed E-state index contributed by atoms with van der Waals surface area (Å²) in [6, 6.07) is 2.85. The van der Waals surface area contributed by atoms with E-state index < -0.39 is 17.3 Å². The smallest absolute Gasteiger partial charge is 0.200 e. The van der Waals surface area contributed by atoms with Crippen LogP contribution in [0, 0.1) is 36.3 Å². The average Bonchev–Trinajstić information content (AvgIpc) is 2.67. The van der Waals surface area contributed by atoms with Crippen molar-refractivity contribution in [2.24, 2.45) is 17.8 Å². The third-order valence-corrected chi connectivity index (χ3v) is 6.91. The topological polar surface area (TPSA) is 9.23 Å². The van der Waals surface area contributed by atoms with Crippen LogP contribution in [0.2, 0.25) is 0 Å². The van der Waals surface area contributed by atoms with Gasteiger partial charge in [0.1, 0.15) is 12.3 Å². The molecule has 1 nitrogen and oxygen atoms in total. The minimum Gasteiger partial charge on any atom is -0.487 e. The molecule has 0 spiro atoms. The Balaban J connectivity index is 1.47. The molecule has 152 valence electrons. The third-order valence-electron chi connectivity index (χ3n) is 6.91. The number of ether oxygens (including phenoxy) is 1. The van der Waals surface area contributed by atoms with Gasteiger partial charge in [0.25, 0.3) is 0 Å². The highest BCUT2D eigenvalue weighted by atomic mass is 19.2. The monoisotopic (exact) mass is 382 g/mol. The Morgan fingerprint density at radius 3 is 2.22 bits per heavy atom. The molecule has 27 heavy (non-hydrogen) atoms. The number of aryl methyl sites for hydroxylation is 1. The van der Waals surface area contributed by atoms with E-state index in [-0.39, 0.29) is 17.9 Å². The normalized spacial score (nSPS) is 31.7. The molecule has 0 saturated heterocycles. The first-order chi connectivity index (χ1) is 12.9. The molecular formula is C23H33F3O. The predicted molar refractivity (Wildman–Crippen MR) is 103 cm³/mol. The quantitative estimate of drug-likeness (QED) is 0.507. The molecule has 0 N–H and O–H groups in total. The standard InChI is InChI=1S/C23H33F3O/c1-3-4-17-6-8-18(9-7-17)19-11-13-23(26,14-12-19)15-27-20-10-5-16(2)21(24)22(20)25/h5,10,17-19H,3-4,6-9,11-15H2,1-2H3. The number of halogens is 3. The van der Waals surface area contributed by atoms with Gasteiger partial charge in [-0.25, -0.2) is 8.78 Å². The molecule has 3 rings (SSSR count). The van der Waals surface area contributed by atoms with E-state index in [1.54, 1.807) is 0 Å². The van der Waals surface area contributed by atoms with Crippen LogP contribution in [0.4, 0.5) is 13.2 Å². The van der Waals surface area contributed by atoms with Crippen molar-refractivity contribution in [2.45, 2.75) is 83.7 Å². The maximum Gasteiger partial charge on any atom is 0.200 e. The van der Waals surface area contributed by atoms with Crippen LogP contribution in [-0.4, -0.2) is 12.3 Å². The SMILES string of the molecule is CCCC1CCC(C2CCC(F)(COc3ccc(C)c(F)c3F)CC2)CC1. The summed E-state index contributed by atoms with van der Waals surface area (Å²) in [6.07, 6.45) is 10.5. The summed E-state index contributed by atoms with van der Waals surface area (Å²) in [5.74, 6) is 0.135. The van der Waals surface area contributed by atoms with E-state index in [2.05, 4.69) is 6.92 Å². The van der Waals surface area contributed by atoms with Crippen molar-refractivity contribution in [3.8, 4) is 5.75 Å². The summed E-state index contributed by atoms with van der Waals surface area (Å²) < 4.78 is 48.0. The number of rotatable bonds is 6. The minimum atomic E-state index is -1.43. The zero-order chi connectivity index (χ0) is 19.4. The van der Waals surface area contributed by atoms with Gasteiger partial charge in [-0.3, -0.25) is 0 Å². The second-order valence-corrected chi connectivity index (χ2v) is 8.86. The minimum absolute atomic E-state index is 0.188. The number of hydrogen-bond donors (Lipinski definition) is 0. The van der Waals surface area contributed by atoms with Crippen LogP contribution in [-0.2, 0) is 0 Å². The lowest BCUT2D eigenvalue weighted by molar-refractivity contribution is 0.0151. The van der Waals surface area contributed by atoms with Crippen LogP contribution < -0.4 is 4.74 Å². The van der Waals surface area contributed by atoms with Gasteiger partial charge in [-0.1, -0.05) is 38.7 Å². The van der Waals surface area contributed by atoms with Crippen molar-refractivity contribution in [1.29, 1.82) is 0 Å². The average molecular weight is 383 g/mol. The largest absolute Gasteiger partial charge is 0.487 e. The Bertz CT molecular complexity index is 614. The fourth-order valence-electron chi connectivity index (χ4n) is 5.08. The van der Waals surface area contributed by atoms with Gasteiger partial charge in [0.2, 0.25) is 5.82 Å². The highest BCUT2D eigenvalue weighted by Crippen LogP contribution is 2.44. The Morgan fingerprint density at radius 2 is 1.59 bits per heavy atom. The number of benzene rings is 1. The zero-order valence-electron chi connectivity index (χ0n) is 16.7. The molecule has 1 aromatic carbocycles. The Kier molecular flexibility index (Phi) is 6.75. The lowest BCUT2D eigenvalue weighted by Crippen LogP contribution is -2.38. The molecule has 0 amide bonds. The van der Waals surface area contributed by atoms with E-state index in [0.29, 0.717) is 18.8 Å². The summed E-state index contributed by atoms with van der Waals surface area (Å²) in [4.78, 5) is 0. The van der Waals surface area contributed by atoms with Gasteiger partial charge in [0.15, 0.2) is 11.6 Å². The van der Waals surface area contributed by atoms with Crippen LogP contribution in [0.3, 0.4) is 0 Å². The zero-order valence-corrected chi connectivity index (χ0v) is 16.7. The lowest BCUT2D eigenvalue weighted by atomic mass is 9.68. The molecule has 0 unspecified atom stereocenters. The number of alkyl halides is 1. The van der Waals surface area contributed by atoms with E-state index in [1.165, 1.54) is 57.6 Å². The lowest BCUT2D eigenvalue weighted by Gasteiger charge is -2.40. The molecule has 0 atom stereocenters. The molecule has 2 saturated carbocycles. The van der Waals surface area contributed by atoms with Gasteiger partial charge in [-0.05, 0) is 74.8 Å². The van der Waals surface area contributed by atoms with E-state index in [4.69, 9.17) is 4.74 Å². The molecule has 4 heteroatoms. The first-order valence-electron chi connectivity index (χ1n) is 10.7. The fourth-order valence-corrected chi connectivity index (χ4v) is 5.08. The van der Waals surface area contributed by atoms with Crippen LogP contribution in [0.5, 0.6) is 5.75 Å². The van der Waals surface area contributed by atoms with Gasteiger partial charge >= 0.3 is 0 Å². The van der Waals surface area contributed by atoms with E-state index in [0.717, 1.165) is 24.7 Å². The summed E-state index contributed by atoms with van der Waals surface area (Å²) >= 11 is 0. The Hall–Kier alpha value is -1.19. The molecule has 0 aromatic heterocycles. The molecule has 0 bridgehead atoms. The van der Waals surface area contributed by atoms with Gasteiger partial charge in [0, 0.05) is 0 Å². The maximum absolute atomic E-state index is 15.1. The summed E-state index contributed by atoms with van der Waals surface area (Å²) in [5, 5.41) is 0. The van der Waals surface area contributed by atoms with Crippen molar-refractivity contribution < 1.29 is 17.9 Å². The van der Waals surface area contributed by atoms with Crippen molar-refractivity contribution in [3.63, 3.8) is 0 Å². The van der Waals surface area contributed by atoms with E-state index in [1.807, 2.05) is 0 Å². The van der Waals surface area contributed by atoms with Gasteiger partial charge < -0.3 is 4.74 Å². The molecule has 2 fully saturated rings. The van der Waals surface area contributed by atoms with E-state index in [9.17, 15) is 8.78 Å². The molecule has 0 radical (unpaired) electrons. The highest BCUT2D eigenvalue weighted by Gasteiger charge is 2.39. The molecule has 0 aliphatic heterocycles. The summed E-state index contributed by atoms with van der Waals surface area (Å²) in [6.45, 7) is 3.56. The summed E-state index contributed by atoms with van der Waals surface area (Å²) in [5.41, 5.74) is -1.20. The highest BCUT2D eigenvalue weighted by molar-refractivity contribution is 5.30. The van der Waals surface area contributed by atoms with E-state index >= 15 is 4.39 Å². The van der Waals surface area contributed by atoms with Crippen LogP contribution >= 0.6 is 0 Å². The van der Waals surface area contributed by atoms with Crippen LogP contribution in [0.15, 0.2) is 12.1 Å². The molecule has 0 heterocycles. The van der Waals surface area contributed by atoms with Gasteiger partial charge in [-0.2, -0.15) is 4.39 Å². The van der Waals surface area contributed by atoms with Crippen LogP contribution in [0.1, 0.15) is 76.7 Å². The first kappa shape index (κ1) is 20.5. The van der Waals surface area contributed by atoms with Crippen molar-refractivity contribution >= 4 is 0 Å². The third kappa shape index (κ3) is 5.00. The number of hydrogen-bond acceptors (Lipinski definition) is 1. The van der Waals surface area contributed by atoms with Gasteiger partial charge in [0.05, 0.1) is 0 Å². The van der Waals surface area contributed by atoms with Gasteiger partial charge in [-0.15, -0.1) is 0 Å². The maximum atomic E-state index is 15.1. The first-order valence-corrected chi connectivity index (χ1v) is 10.7. The van der Waals surface area contributed by atoms with Crippen LogP contribution in [0.25, 0.3) is 0 Å². The molecule has 2 aliphatic carbocycles. The Labute approximate surface area is 161 Å². The summed E-state index contributed by atoms with van der Waals surface area (Å²) in [7, 11) is 0. The van der Waals surface area contributed by atoms with Crippen molar-refractivity contribution in [1.82, 2.24) is 0 Å². The molecular weight excluding hydrogens is 349 g/mol. The Morgan fingerprint density at radius 1 is 0.963 bits per heavy atom. The second-order valence-electron chi connectivity index (χ2n) is 8.86. The predicted octanol–water partition coefficient (Wildman–Crippen LogP) is 7.16. The molecule has 2 aliphatic rings. The fraction of sp³-hybridized carbons (Fsp3) is 0.739. The molecule has 1 aromatic rings.